The van der Waals surface area contributed by atoms with Gasteiger partial charge in [0.1, 0.15) is 0 Å². The van der Waals surface area contributed by atoms with Crippen LogP contribution in [0.2, 0.25) is 0 Å². The molecule has 19 heavy (non-hydrogen) atoms. The number of nitrogens with zero attached hydrogens (tertiary/aromatic N) is 2. The normalized spacial score (nSPS) is 11.4. The SMILES string of the molecule is Cc1nnc(-c2ccccc2NC(=O)C(C)(C)N)o1. The zero-order chi connectivity index (χ0) is 14.0. The minimum Gasteiger partial charge on any atom is -0.421 e. The molecule has 0 saturated heterocycles. The van der Waals surface area contributed by atoms with Crippen LogP contribution in [0.4, 0.5) is 5.69 Å². The van der Waals surface area contributed by atoms with Crippen LogP contribution < -0.4 is 11.1 Å². The minimum atomic E-state index is -0.960. The van der Waals surface area contributed by atoms with Crippen molar-refractivity contribution in [3.8, 4) is 11.5 Å². The van der Waals surface area contributed by atoms with Gasteiger partial charge < -0.3 is 15.5 Å². The molecule has 0 saturated carbocycles. The van der Waals surface area contributed by atoms with Crippen molar-refractivity contribution in [3.63, 3.8) is 0 Å². The van der Waals surface area contributed by atoms with Crippen molar-refractivity contribution in [2.24, 2.45) is 5.73 Å². The molecule has 1 heterocycles. The van der Waals surface area contributed by atoms with E-state index in [1.165, 1.54) is 0 Å². The molecule has 0 aliphatic rings. The van der Waals surface area contributed by atoms with Crippen LogP contribution in [0.1, 0.15) is 19.7 Å². The molecule has 1 amide bonds. The van der Waals surface area contributed by atoms with E-state index in [1.54, 1.807) is 32.9 Å². The van der Waals surface area contributed by atoms with E-state index in [4.69, 9.17) is 10.2 Å². The van der Waals surface area contributed by atoms with Crippen LogP contribution in [0.25, 0.3) is 11.5 Å². The summed E-state index contributed by atoms with van der Waals surface area (Å²) in [5.74, 6) is 0.551. The summed E-state index contributed by atoms with van der Waals surface area (Å²) < 4.78 is 5.37. The van der Waals surface area contributed by atoms with Crippen LogP contribution in [0, 0.1) is 6.92 Å². The van der Waals surface area contributed by atoms with E-state index < -0.39 is 5.54 Å². The van der Waals surface area contributed by atoms with Gasteiger partial charge in [0.25, 0.3) is 0 Å². The zero-order valence-electron chi connectivity index (χ0n) is 11.1. The first-order valence-corrected chi connectivity index (χ1v) is 5.88. The number of aromatic nitrogens is 2. The second-order valence-electron chi connectivity index (χ2n) is 4.85. The average Bonchev–Trinajstić information content (AvgIpc) is 2.75. The molecular weight excluding hydrogens is 244 g/mol. The molecule has 0 unspecified atom stereocenters. The summed E-state index contributed by atoms with van der Waals surface area (Å²) in [4.78, 5) is 11.9. The van der Waals surface area contributed by atoms with Crippen LogP contribution >= 0.6 is 0 Å². The lowest BCUT2D eigenvalue weighted by atomic mass is 10.1. The Balaban J connectivity index is 2.35. The molecule has 2 rings (SSSR count). The Bertz CT molecular complexity index is 599. The molecule has 0 bridgehead atoms. The molecule has 0 spiro atoms. The fourth-order valence-electron chi connectivity index (χ4n) is 1.47. The van der Waals surface area contributed by atoms with E-state index in [1.807, 2.05) is 12.1 Å². The Labute approximate surface area is 111 Å². The summed E-state index contributed by atoms with van der Waals surface area (Å²) in [5, 5.41) is 10.5. The van der Waals surface area contributed by atoms with E-state index >= 15 is 0 Å². The molecule has 0 aliphatic carbocycles. The summed E-state index contributed by atoms with van der Waals surface area (Å²) >= 11 is 0. The summed E-state index contributed by atoms with van der Waals surface area (Å²) in [7, 11) is 0. The highest BCUT2D eigenvalue weighted by Gasteiger charge is 2.23. The van der Waals surface area contributed by atoms with Gasteiger partial charge in [-0.3, -0.25) is 4.79 Å². The fraction of sp³-hybridized carbons (Fsp3) is 0.308. The monoisotopic (exact) mass is 260 g/mol. The van der Waals surface area contributed by atoms with E-state index in [0.717, 1.165) is 0 Å². The van der Waals surface area contributed by atoms with Gasteiger partial charge in [0.2, 0.25) is 17.7 Å². The van der Waals surface area contributed by atoms with Gasteiger partial charge >= 0.3 is 0 Å². The lowest BCUT2D eigenvalue weighted by molar-refractivity contribution is -0.120. The number of benzene rings is 1. The number of amides is 1. The number of anilines is 1. The van der Waals surface area contributed by atoms with Crippen molar-refractivity contribution < 1.29 is 9.21 Å². The lowest BCUT2D eigenvalue weighted by Gasteiger charge is -2.18. The Morgan fingerprint density at radius 1 is 1.32 bits per heavy atom. The third kappa shape index (κ3) is 2.97. The maximum atomic E-state index is 11.9. The summed E-state index contributed by atoms with van der Waals surface area (Å²) in [5.41, 5.74) is 6.06. The smallest absolute Gasteiger partial charge is 0.249 e. The molecule has 6 heteroatoms. The number of carbonyl (C=O) groups is 1. The van der Waals surface area contributed by atoms with Crippen LogP contribution in [0.5, 0.6) is 0 Å². The molecule has 1 aromatic heterocycles. The van der Waals surface area contributed by atoms with E-state index in [9.17, 15) is 4.79 Å². The van der Waals surface area contributed by atoms with Crippen molar-refractivity contribution in [2.75, 3.05) is 5.32 Å². The molecule has 2 aromatic rings. The average molecular weight is 260 g/mol. The number of nitrogens with two attached hydrogens (primary N) is 1. The van der Waals surface area contributed by atoms with Crippen molar-refractivity contribution in [3.05, 3.63) is 30.2 Å². The van der Waals surface area contributed by atoms with Gasteiger partial charge in [-0.05, 0) is 26.0 Å². The molecule has 0 fully saturated rings. The van der Waals surface area contributed by atoms with Crippen LogP contribution in [-0.2, 0) is 4.79 Å². The maximum Gasteiger partial charge on any atom is 0.249 e. The Morgan fingerprint density at radius 3 is 2.58 bits per heavy atom. The highest BCUT2D eigenvalue weighted by molar-refractivity contribution is 5.99. The summed E-state index contributed by atoms with van der Waals surface area (Å²) in [6.07, 6.45) is 0. The molecule has 3 N–H and O–H groups in total. The number of aryl methyl sites for hydroxylation is 1. The van der Waals surface area contributed by atoms with E-state index in [2.05, 4.69) is 15.5 Å². The topological polar surface area (TPSA) is 94.0 Å². The van der Waals surface area contributed by atoms with E-state index in [0.29, 0.717) is 23.0 Å². The predicted octanol–water partition coefficient (Wildman–Crippen LogP) is 1.72. The largest absolute Gasteiger partial charge is 0.421 e. The van der Waals surface area contributed by atoms with Crippen LogP contribution in [0.3, 0.4) is 0 Å². The predicted molar refractivity (Wildman–Crippen MR) is 71.4 cm³/mol. The van der Waals surface area contributed by atoms with Crippen molar-refractivity contribution in [1.82, 2.24) is 10.2 Å². The Kier molecular flexibility index (Phi) is 3.35. The Morgan fingerprint density at radius 2 is 2.00 bits per heavy atom. The second-order valence-corrected chi connectivity index (χ2v) is 4.85. The number of hydrogen-bond donors (Lipinski definition) is 2. The van der Waals surface area contributed by atoms with Gasteiger partial charge in [0, 0.05) is 6.92 Å². The highest BCUT2D eigenvalue weighted by Crippen LogP contribution is 2.27. The first-order chi connectivity index (χ1) is 8.88. The van der Waals surface area contributed by atoms with Crippen molar-refractivity contribution in [2.45, 2.75) is 26.3 Å². The minimum absolute atomic E-state index is 0.281. The third-order valence-corrected chi connectivity index (χ3v) is 2.52. The number of carbonyl (C=O) groups excluding carboxylic acids is 1. The van der Waals surface area contributed by atoms with Gasteiger partial charge in [-0.2, -0.15) is 0 Å². The zero-order valence-corrected chi connectivity index (χ0v) is 11.1. The number of rotatable bonds is 3. The van der Waals surface area contributed by atoms with Gasteiger partial charge in [0.05, 0.1) is 16.8 Å². The summed E-state index contributed by atoms with van der Waals surface area (Å²) in [6.45, 7) is 4.99. The molecule has 1 aromatic carbocycles. The van der Waals surface area contributed by atoms with Crippen LogP contribution in [0.15, 0.2) is 28.7 Å². The van der Waals surface area contributed by atoms with Gasteiger partial charge in [0.15, 0.2) is 0 Å². The third-order valence-electron chi connectivity index (χ3n) is 2.52. The molecule has 6 nitrogen and oxygen atoms in total. The second kappa shape index (κ2) is 4.81. The molecule has 100 valence electrons. The van der Waals surface area contributed by atoms with Gasteiger partial charge in [-0.15, -0.1) is 10.2 Å². The molecule has 0 radical (unpaired) electrons. The van der Waals surface area contributed by atoms with Gasteiger partial charge in [-0.25, -0.2) is 0 Å². The maximum absolute atomic E-state index is 11.9. The standard InChI is InChI=1S/C13H16N4O2/c1-8-16-17-11(19-8)9-6-4-5-7-10(9)15-12(18)13(2,3)14/h4-7H,14H2,1-3H3,(H,15,18). The van der Waals surface area contributed by atoms with E-state index in [-0.39, 0.29) is 5.91 Å². The number of para-hydroxylation sites is 1. The van der Waals surface area contributed by atoms with Crippen LogP contribution in [-0.4, -0.2) is 21.6 Å². The highest BCUT2D eigenvalue weighted by atomic mass is 16.4. The van der Waals surface area contributed by atoms with Gasteiger partial charge in [-0.1, -0.05) is 12.1 Å². The number of hydrogen-bond acceptors (Lipinski definition) is 5. The molecule has 0 aliphatic heterocycles. The first-order valence-electron chi connectivity index (χ1n) is 5.88. The van der Waals surface area contributed by atoms with Crippen molar-refractivity contribution in [1.29, 1.82) is 0 Å². The fourth-order valence-corrected chi connectivity index (χ4v) is 1.47. The lowest BCUT2D eigenvalue weighted by Crippen LogP contribution is -2.45. The molecule has 0 atom stereocenters. The number of nitrogens with one attached hydrogen (secondary N) is 1. The van der Waals surface area contributed by atoms with Crippen molar-refractivity contribution >= 4 is 11.6 Å². The Hall–Kier alpha value is -2.21. The summed E-state index contributed by atoms with van der Waals surface area (Å²) in [6, 6.07) is 7.20. The quantitative estimate of drug-likeness (QED) is 0.876. The molecular formula is C13H16N4O2. The first kappa shape index (κ1) is 13.2.